The number of aromatic carboxylic acids is 1. The molecule has 0 aliphatic carbocycles. The molecular weight excluding hydrogens is 165 g/mol. The summed E-state index contributed by atoms with van der Waals surface area (Å²) in [4.78, 5) is 14.5. The molecule has 4 heteroatoms. The van der Waals surface area contributed by atoms with E-state index >= 15 is 0 Å². The van der Waals surface area contributed by atoms with Gasteiger partial charge in [-0.25, -0.2) is 4.79 Å². The van der Waals surface area contributed by atoms with E-state index in [1.807, 2.05) is 6.92 Å². The standard InChI is InChI=1S/C8H9NO2.Na.H/c1-5-3-4-7(8(10)11)6(2)9-5;;/h3-4H,1-2H3,(H,10,11);;/q;+1;-1. The maximum Gasteiger partial charge on any atom is 1.00 e. The molecule has 0 saturated heterocycles. The van der Waals surface area contributed by atoms with Crippen LogP contribution < -0.4 is 29.6 Å². The minimum absolute atomic E-state index is 0. The second-order valence-electron chi connectivity index (χ2n) is 2.39. The summed E-state index contributed by atoms with van der Waals surface area (Å²) < 4.78 is 0. The fourth-order valence-electron chi connectivity index (χ4n) is 0.913. The van der Waals surface area contributed by atoms with Crippen molar-refractivity contribution in [2.45, 2.75) is 13.8 Å². The molecule has 0 radical (unpaired) electrons. The second-order valence-corrected chi connectivity index (χ2v) is 2.39. The van der Waals surface area contributed by atoms with Gasteiger partial charge >= 0.3 is 35.5 Å². The van der Waals surface area contributed by atoms with Crippen LogP contribution in [0.2, 0.25) is 0 Å². The summed E-state index contributed by atoms with van der Waals surface area (Å²) in [5.41, 5.74) is 1.68. The molecule has 60 valence electrons. The van der Waals surface area contributed by atoms with Crippen molar-refractivity contribution in [3.05, 3.63) is 29.1 Å². The molecule has 0 aliphatic rings. The fourth-order valence-corrected chi connectivity index (χ4v) is 0.913. The topological polar surface area (TPSA) is 50.2 Å². The largest absolute Gasteiger partial charge is 1.00 e. The molecule has 0 aliphatic heterocycles. The van der Waals surface area contributed by atoms with Crippen molar-refractivity contribution in [1.82, 2.24) is 4.98 Å². The molecule has 0 fully saturated rings. The van der Waals surface area contributed by atoms with Gasteiger partial charge in [0, 0.05) is 5.69 Å². The second kappa shape index (κ2) is 4.60. The molecule has 12 heavy (non-hydrogen) atoms. The van der Waals surface area contributed by atoms with E-state index in [-0.39, 0.29) is 36.5 Å². The summed E-state index contributed by atoms with van der Waals surface area (Å²) >= 11 is 0. The van der Waals surface area contributed by atoms with E-state index < -0.39 is 5.97 Å². The molecule has 3 nitrogen and oxygen atoms in total. The maximum atomic E-state index is 10.5. The van der Waals surface area contributed by atoms with Crippen molar-refractivity contribution >= 4 is 5.97 Å². The van der Waals surface area contributed by atoms with E-state index in [1.165, 1.54) is 0 Å². The fraction of sp³-hybridized carbons (Fsp3) is 0.250. The Hall–Kier alpha value is -0.380. The normalized spacial score (nSPS) is 8.83. The summed E-state index contributed by atoms with van der Waals surface area (Å²) in [6, 6.07) is 3.26. The monoisotopic (exact) mass is 175 g/mol. The van der Waals surface area contributed by atoms with Gasteiger partial charge in [-0.05, 0) is 26.0 Å². The van der Waals surface area contributed by atoms with E-state index in [4.69, 9.17) is 5.11 Å². The van der Waals surface area contributed by atoms with Crippen LogP contribution in [0.5, 0.6) is 0 Å². The average Bonchev–Trinajstić information content (AvgIpc) is 1.85. The van der Waals surface area contributed by atoms with Crippen LogP contribution in [0.4, 0.5) is 0 Å². The molecule has 1 aromatic heterocycles. The smallest absolute Gasteiger partial charge is 1.00 e. The van der Waals surface area contributed by atoms with Gasteiger partial charge in [0.25, 0.3) is 0 Å². The Morgan fingerprint density at radius 3 is 2.50 bits per heavy atom. The zero-order valence-electron chi connectivity index (χ0n) is 8.46. The van der Waals surface area contributed by atoms with Gasteiger partial charge in [-0.2, -0.15) is 0 Å². The SMILES string of the molecule is Cc1ccc(C(=O)O)c(C)n1.[H-].[Na+]. The van der Waals surface area contributed by atoms with Gasteiger partial charge in [-0.15, -0.1) is 0 Å². The van der Waals surface area contributed by atoms with Gasteiger partial charge in [0.05, 0.1) is 11.3 Å². The first-order valence-electron chi connectivity index (χ1n) is 3.29. The third-order valence-electron chi connectivity index (χ3n) is 1.46. The maximum absolute atomic E-state index is 10.5. The van der Waals surface area contributed by atoms with Crippen LogP contribution in [-0.4, -0.2) is 16.1 Å². The molecule has 0 bridgehead atoms. The molecular formula is C8H10NNaO2. The van der Waals surface area contributed by atoms with E-state index in [0.29, 0.717) is 5.69 Å². The molecule has 1 aromatic rings. The van der Waals surface area contributed by atoms with Gasteiger partial charge in [0.15, 0.2) is 0 Å². The van der Waals surface area contributed by atoms with Crippen molar-refractivity contribution in [2.24, 2.45) is 0 Å². The van der Waals surface area contributed by atoms with Crippen molar-refractivity contribution < 1.29 is 40.9 Å². The summed E-state index contributed by atoms with van der Waals surface area (Å²) in [5.74, 6) is -0.921. The van der Waals surface area contributed by atoms with Crippen LogP contribution in [0.15, 0.2) is 12.1 Å². The first kappa shape index (κ1) is 11.6. The van der Waals surface area contributed by atoms with Crippen LogP contribution >= 0.6 is 0 Å². The number of carboxylic acids is 1. The van der Waals surface area contributed by atoms with Crippen LogP contribution in [0, 0.1) is 13.8 Å². The Bertz CT molecular complexity index is 304. The van der Waals surface area contributed by atoms with E-state index in [9.17, 15) is 4.79 Å². The summed E-state index contributed by atoms with van der Waals surface area (Å²) in [6.07, 6.45) is 0. The number of carboxylic acid groups (broad SMARTS) is 1. The molecule has 0 amide bonds. The Morgan fingerprint density at radius 1 is 1.50 bits per heavy atom. The average molecular weight is 175 g/mol. The van der Waals surface area contributed by atoms with Crippen LogP contribution in [-0.2, 0) is 0 Å². The van der Waals surface area contributed by atoms with Gasteiger partial charge in [-0.1, -0.05) is 0 Å². The molecule has 0 aromatic carbocycles. The molecule has 1 N–H and O–H groups in total. The van der Waals surface area contributed by atoms with E-state index in [0.717, 1.165) is 5.69 Å². The van der Waals surface area contributed by atoms with Crippen molar-refractivity contribution in [3.63, 3.8) is 0 Å². The predicted molar refractivity (Wildman–Crippen MR) is 41.8 cm³/mol. The van der Waals surface area contributed by atoms with Crippen molar-refractivity contribution in [2.75, 3.05) is 0 Å². The van der Waals surface area contributed by atoms with E-state index in [2.05, 4.69) is 4.98 Å². The van der Waals surface area contributed by atoms with Crippen molar-refractivity contribution in [1.29, 1.82) is 0 Å². The quantitative estimate of drug-likeness (QED) is 0.529. The molecule has 1 rings (SSSR count). The number of aryl methyl sites for hydroxylation is 2. The minimum atomic E-state index is -0.921. The predicted octanol–water partition coefficient (Wildman–Crippen LogP) is -1.49. The van der Waals surface area contributed by atoms with Crippen LogP contribution in [0.3, 0.4) is 0 Å². The minimum Gasteiger partial charge on any atom is -1.00 e. The third-order valence-corrected chi connectivity index (χ3v) is 1.46. The molecule has 0 saturated carbocycles. The van der Waals surface area contributed by atoms with Gasteiger partial charge in [0.1, 0.15) is 0 Å². The molecule has 0 unspecified atom stereocenters. The van der Waals surface area contributed by atoms with E-state index in [1.54, 1.807) is 19.1 Å². The van der Waals surface area contributed by atoms with Gasteiger partial charge in [0.2, 0.25) is 0 Å². The molecule has 0 spiro atoms. The number of rotatable bonds is 1. The number of pyridine rings is 1. The van der Waals surface area contributed by atoms with Gasteiger partial charge in [-0.3, -0.25) is 4.98 Å². The summed E-state index contributed by atoms with van der Waals surface area (Å²) in [6.45, 7) is 3.52. The van der Waals surface area contributed by atoms with Crippen molar-refractivity contribution in [3.8, 4) is 0 Å². The number of aromatic nitrogens is 1. The first-order valence-corrected chi connectivity index (χ1v) is 3.29. The van der Waals surface area contributed by atoms with Crippen LogP contribution in [0.25, 0.3) is 0 Å². The molecule has 0 atom stereocenters. The third kappa shape index (κ3) is 2.59. The zero-order valence-corrected chi connectivity index (χ0v) is 9.46. The Balaban J connectivity index is 0. The summed E-state index contributed by atoms with van der Waals surface area (Å²) in [5, 5.41) is 8.62. The summed E-state index contributed by atoms with van der Waals surface area (Å²) in [7, 11) is 0. The Morgan fingerprint density at radius 2 is 2.08 bits per heavy atom. The first-order chi connectivity index (χ1) is 5.11. The Kier molecular flexibility index (Phi) is 4.45. The molecule has 1 heterocycles. The van der Waals surface area contributed by atoms with Crippen LogP contribution in [0.1, 0.15) is 23.2 Å². The number of carbonyl (C=O) groups is 1. The number of nitrogens with zero attached hydrogens (tertiary/aromatic N) is 1. The van der Waals surface area contributed by atoms with Gasteiger partial charge < -0.3 is 6.53 Å². The Labute approximate surface area is 94.6 Å². The number of hydrogen-bond acceptors (Lipinski definition) is 2. The zero-order chi connectivity index (χ0) is 8.43. The number of hydrogen-bond donors (Lipinski definition) is 1.